The zero-order chi connectivity index (χ0) is 40.7. The second-order valence-corrected chi connectivity index (χ2v) is 15.4. The number of anilines is 3. The Balaban J connectivity index is 1.14. The van der Waals surface area contributed by atoms with Crippen LogP contribution in [-0.4, -0.2) is 4.57 Å². The number of halogens is 1. The molecule has 0 fully saturated rings. The molecule has 0 saturated heterocycles. The minimum absolute atomic E-state index is 0.249. The molecule has 0 amide bonds. The molecule has 11 rings (SSSR count). The Hall–Kier alpha value is -8.01. The molecule has 0 aliphatic carbocycles. The lowest BCUT2D eigenvalue weighted by Gasteiger charge is -2.29. The van der Waals surface area contributed by atoms with Crippen LogP contribution in [0.15, 0.2) is 237 Å². The fraction of sp³-hybridized carbons (Fsp3) is 0. The summed E-state index contributed by atoms with van der Waals surface area (Å²) in [6.45, 7) is 0. The van der Waals surface area contributed by atoms with E-state index < -0.39 is 0 Å². The lowest BCUT2D eigenvalue weighted by atomic mass is 9.91. The van der Waals surface area contributed by atoms with Gasteiger partial charge in [0.05, 0.1) is 16.7 Å². The third kappa shape index (κ3) is 6.44. The van der Waals surface area contributed by atoms with Crippen LogP contribution in [-0.2, 0) is 0 Å². The Morgan fingerprint density at radius 3 is 1.69 bits per heavy atom. The molecule has 1 aromatic heterocycles. The molecule has 0 aliphatic rings. The second kappa shape index (κ2) is 15.3. The van der Waals surface area contributed by atoms with Crippen molar-refractivity contribution in [2.45, 2.75) is 0 Å². The Morgan fingerprint density at radius 2 is 0.918 bits per heavy atom. The van der Waals surface area contributed by atoms with Crippen LogP contribution >= 0.6 is 0 Å². The van der Waals surface area contributed by atoms with Gasteiger partial charge < -0.3 is 9.47 Å². The van der Waals surface area contributed by atoms with Crippen LogP contribution in [0.2, 0.25) is 0 Å². The first-order valence-electron chi connectivity index (χ1n) is 20.7. The lowest BCUT2D eigenvalue weighted by Crippen LogP contribution is -2.11. The highest BCUT2D eigenvalue weighted by atomic mass is 19.1. The predicted molar refractivity (Wildman–Crippen MR) is 255 cm³/mol. The van der Waals surface area contributed by atoms with E-state index in [1.807, 2.05) is 6.07 Å². The maximum Gasteiger partial charge on any atom is 0.123 e. The van der Waals surface area contributed by atoms with Crippen LogP contribution in [0.25, 0.3) is 82.8 Å². The minimum atomic E-state index is -0.249. The van der Waals surface area contributed by atoms with E-state index >= 15 is 0 Å². The van der Waals surface area contributed by atoms with Gasteiger partial charge in [-0.3, -0.25) is 0 Å². The Labute approximate surface area is 354 Å². The molecule has 10 aromatic carbocycles. The molecule has 0 radical (unpaired) electrons. The van der Waals surface area contributed by atoms with Gasteiger partial charge in [0.25, 0.3) is 0 Å². The molecule has 0 N–H and O–H groups in total. The summed E-state index contributed by atoms with van der Waals surface area (Å²) >= 11 is 0. The Bertz CT molecular complexity index is 3360. The van der Waals surface area contributed by atoms with E-state index in [9.17, 15) is 4.39 Å². The monoisotopic (exact) mass is 782 g/mol. The topological polar surface area (TPSA) is 8.17 Å². The highest BCUT2D eigenvalue weighted by Crippen LogP contribution is 2.46. The van der Waals surface area contributed by atoms with Crippen LogP contribution in [0.4, 0.5) is 21.5 Å². The molecule has 0 atom stereocenters. The number of nitrogens with zero attached hydrogens (tertiary/aromatic N) is 2. The number of hydrogen-bond donors (Lipinski definition) is 0. The summed E-state index contributed by atoms with van der Waals surface area (Å²) < 4.78 is 17.1. The quantitative estimate of drug-likeness (QED) is 0.149. The normalized spacial score (nSPS) is 11.4. The SMILES string of the molecule is Fc1cccc(-c2cccc3cccc(-c4cccc(N(c5ccc(-c6ccccc6)cc5)c5ccccc5-c5cccc6c7ccccc7n(-c7ccccc7)c56)c4)c23)c1. The standard InChI is InChI=1S/C58H39FN2/c59-45-22-11-20-43(38-45)49-28-13-18-42-19-14-29-50(57(42)49)44-21-12-25-48(39-44)60(47-36-34-41(35-37-47)40-16-3-1-4-17-40)55-32-9-7-26-51(55)53-30-15-31-54-52-27-8-10-33-56(52)61(58(53)54)46-23-5-2-6-24-46/h1-39H. The lowest BCUT2D eigenvalue weighted by molar-refractivity contribution is 0.628. The first kappa shape index (κ1) is 36.1. The maximum absolute atomic E-state index is 14.7. The summed E-state index contributed by atoms with van der Waals surface area (Å²) in [4.78, 5) is 2.39. The van der Waals surface area contributed by atoms with E-state index in [-0.39, 0.29) is 5.82 Å². The van der Waals surface area contributed by atoms with Crippen molar-refractivity contribution in [3.8, 4) is 50.2 Å². The van der Waals surface area contributed by atoms with Crippen LogP contribution in [0.5, 0.6) is 0 Å². The van der Waals surface area contributed by atoms with Crippen molar-refractivity contribution in [3.63, 3.8) is 0 Å². The van der Waals surface area contributed by atoms with Crippen molar-refractivity contribution in [1.82, 2.24) is 4.57 Å². The molecule has 0 bridgehead atoms. The predicted octanol–water partition coefficient (Wildman–Crippen LogP) is 16.2. The first-order chi connectivity index (χ1) is 30.2. The molecule has 288 valence electrons. The fourth-order valence-electron chi connectivity index (χ4n) is 9.13. The summed E-state index contributed by atoms with van der Waals surface area (Å²) in [6.07, 6.45) is 0. The average molecular weight is 783 g/mol. The molecule has 11 aromatic rings. The molecular formula is C58H39FN2. The third-order valence-electron chi connectivity index (χ3n) is 11.8. The van der Waals surface area contributed by atoms with E-state index in [2.05, 4.69) is 222 Å². The first-order valence-corrected chi connectivity index (χ1v) is 20.7. The zero-order valence-electron chi connectivity index (χ0n) is 33.3. The van der Waals surface area contributed by atoms with Gasteiger partial charge in [-0.15, -0.1) is 0 Å². The summed E-state index contributed by atoms with van der Waals surface area (Å²) in [6, 6.07) is 82.7. The molecule has 61 heavy (non-hydrogen) atoms. The molecule has 0 spiro atoms. The van der Waals surface area contributed by atoms with E-state index in [0.717, 1.165) is 78.0 Å². The van der Waals surface area contributed by atoms with E-state index in [4.69, 9.17) is 0 Å². The Kier molecular flexibility index (Phi) is 9.05. The van der Waals surface area contributed by atoms with E-state index in [0.29, 0.717) is 0 Å². The van der Waals surface area contributed by atoms with Crippen LogP contribution in [0, 0.1) is 5.82 Å². The smallest absolute Gasteiger partial charge is 0.123 e. The summed E-state index contributed by atoms with van der Waals surface area (Å²) in [5, 5.41) is 4.62. The second-order valence-electron chi connectivity index (χ2n) is 15.4. The van der Waals surface area contributed by atoms with Gasteiger partial charge in [0.1, 0.15) is 5.82 Å². The number of hydrogen-bond acceptors (Lipinski definition) is 1. The summed E-state index contributed by atoms with van der Waals surface area (Å²) in [5.41, 5.74) is 15.2. The highest BCUT2D eigenvalue weighted by Gasteiger charge is 2.22. The van der Waals surface area contributed by atoms with Crippen molar-refractivity contribution in [2.75, 3.05) is 4.90 Å². The van der Waals surface area contributed by atoms with Crippen molar-refractivity contribution < 1.29 is 4.39 Å². The van der Waals surface area contributed by atoms with Gasteiger partial charge in [0.15, 0.2) is 0 Å². The minimum Gasteiger partial charge on any atom is -0.310 e. The zero-order valence-corrected chi connectivity index (χ0v) is 33.3. The Morgan fingerprint density at radius 1 is 0.361 bits per heavy atom. The van der Waals surface area contributed by atoms with Gasteiger partial charge in [-0.2, -0.15) is 0 Å². The van der Waals surface area contributed by atoms with E-state index in [1.54, 1.807) is 12.1 Å². The molecule has 0 saturated carbocycles. The summed E-state index contributed by atoms with van der Waals surface area (Å²) in [5.74, 6) is -0.249. The highest BCUT2D eigenvalue weighted by molar-refractivity contribution is 6.15. The van der Waals surface area contributed by atoms with Crippen molar-refractivity contribution in [2.24, 2.45) is 0 Å². The van der Waals surface area contributed by atoms with Crippen LogP contribution in [0.3, 0.4) is 0 Å². The van der Waals surface area contributed by atoms with E-state index in [1.165, 1.54) is 27.9 Å². The number of para-hydroxylation sites is 4. The van der Waals surface area contributed by atoms with Crippen molar-refractivity contribution in [1.29, 1.82) is 0 Å². The van der Waals surface area contributed by atoms with Crippen molar-refractivity contribution in [3.05, 3.63) is 242 Å². The van der Waals surface area contributed by atoms with Gasteiger partial charge >= 0.3 is 0 Å². The average Bonchev–Trinajstić information content (AvgIpc) is 3.67. The molecular weight excluding hydrogens is 744 g/mol. The number of rotatable bonds is 8. The number of benzene rings is 10. The van der Waals surface area contributed by atoms with Crippen LogP contribution in [0.1, 0.15) is 0 Å². The molecule has 2 nitrogen and oxygen atoms in total. The fourth-order valence-corrected chi connectivity index (χ4v) is 9.13. The van der Waals surface area contributed by atoms with Gasteiger partial charge in [0.2, 0.25) is 0 Å². The summed E-state index contributed by atoms with van der Waals surface area (Å²) in [7, 11) is 0. The molecule has 1 heterocycles. The molecule has 0 unspecified atom stereocenters. The number of aromatic nitrogens is 1. The van der Waals surface area contributed by atoms with Crippen LogP contribution < -0.4 is 4.90 Å². The van der Waals surface area contributed by atoms with Gasteiger partial charge in [-0.1, -0.05) is 176 Å². The largest absolute Gasteiger partial charge is 0.310 e. The number of fused-ring (bicyclic) bond motifs is 4. The maximum atomic E-state index is 14.7. The third-order valence-corrected chi connectivity index (χ3v) is 11.8. The molecule has 0 aliphatic heterocycles. The van der Waals surface area contributed by atoms with Crippen molar-refractivity contribution >= 4 is 49.6 Å². The van der Waals surface area contributed by atoms with Gasteiger partial charge in [0, 0.05) is 39.0 Å². The van der Waals surface area contributed by atoms with Gasteiger partial charge in [-0.05, 0) is 105 Å². The van der Waals surface area contributed by atoms with Gasteiger partial charge in [-0.25, -0.2) is 4.39 Å². The molecule has 3 heteroatoms.